The second kappa shape index (κ2) is 5.22. The molecule has 0 spiro atoms. The van der Waals surface area contributed by atoms with Crippen LogP contribution in [-0.2, 0) is 6.54 Å². The second-order valence-electron chi connectivity index (χ2n) is 5.51. The quantitative estimate of drug-likeness (QED) is 0.801. The monoisotopic (exact) mass is 246 g/mol. The maximum absolute atomic E-state index is 4.58. The molecule has 4 nitrogen and oxygen atoms in total. The van der Waals surface area contributed by atoms with E-state index in [-0.39, 0.29) is 0 Å². The van der Waals surface area contributed by atoms with E-state index in [1.54, 1.807) is 0 Å². The molecule has 18 heavy (non-hydrogen) atoms. The molecule has 0 saturated heterocycles. The lowest BCUT2D eigenvalue weighted by Gasteiger charge is -2.21. The van der Waals surface area contributed by atoms with Gasteiger partial charge in [-0.2, -0.15) is 0 Å². The van der Waals surface area contributed by atoms with E-state index in [1.165, 1.54) is 32.2 Å². The largest absolute Gasteiger partial charge is 0.354 e. The van der Waals surface area contributed by atoms with Crippen LogP contribution in [0.1, 0.15) is 38.3 Å². The van der Waals surface area contributed by atoms with Gasteiger partial charge in [0.15, 0.2) is 0 Å². The van der Waals surface area contributed by atoms with Crippen molar-refractivity contribution in [2.45, 2.75) is 45.2 Å². The summed E-state index contributed by atoms with van der Waals surface area (Å²) < 4.78 is 0. The summed E-state index contributed by atoms with van der Waals surface area (Å²) >= 11 is 0. The average molecular weight is 246 g/mol. The lowest BCUT2D eigenvalue weighted by Crippen LogP contribution is -2.28. The van der Waals surface area contributed by atoms with E-state index in [4.69, 9.17) is 0 Å². The van der Waals surface area contributed by atoms with Crippen molar-refractivity contribution in [3.05, 3.63) is 18.0 Å². The van der Waals surface area contributed by atoms with E-state index in [2.05, 4.69) is 27.1 Å². The van der Waals surface area contributed by atoms with Gasteiger partial charge in [-0.25, -0.2) is 9.97 Å². The SMILES string of the molecule is CCNc1nccc(CN(CC2CC2)C2CC2)n1. The molecule has 98 valence electrons. The van der Waals surface area contributed by atoms with Crippen LogP contribution in [0.2, 0.25) is 0 Å². The number of anilines is 1. The fourth-order valence-electron chi connectivity index (χ4n) is 2.35. The zero-order valence-corrected chi connectivity index (χ0v) is 11.1. The summed E-state index contributed by atoms with van der Waals surface area (Å²) in [6.07, 6.45) is 7.46. The number of nitrogens with one attached hydrogen (secondary N) is 1. The summed E-state index contributed by atoms with van der Waals surface area (Å²) in [7, 11) is 0. The number of rotatable bonds is 7. The highest BCUT2D eigenvalue weighted by molar-refractivity contribution is 5.24. The van der Waals surface area contributed by atoms with Gasteiger partial charge >= 0.3 is 0 Å². The summed E-state index contributed by atoms with van der Waals surface area (Å²) in [6.45, 7) is 5.20. The van der Waals surface area contributed by atoms with E-state index in [0.717, 1.165) is 36.7 Å². The van der Waals surface area contributed by atoms with Gasteiger partial charge in [-0.15, -0.1) is 0 Å². The van der Waals surface area contributed by atoms with E-state index in [9.17, 15) is 0 Å². The van der Waals surface area contributed by atoms with Crippen LogP contribution in [-0.4, -0.2) is 34.0 Å². The summed E-state index contributed by atoms with van der Waals surface area (Å²) in [5.74, 6) is 1.72. The molecule has 0 bridgehead atoms. The molecular weight excluding hydrogens is 224 g/mol. The van der Waals surface area contributed by atoms with E-state index in [1.807, 2.05) is 12.3 Å². The van der Waals surface area contributed by atoms with Crippen LogP contribution in [0.3, 0.4) is 0 Å². The predicted molar refractivity (Wildman–Crippen MR) is 72.4 cm³/mol. The molecule has 2 aliphatic rings. The highest BCUT2D eigenvalue weighted by Gasteiger charge is 2.33. The molecule has 2 fully saturated rings. The van der Waals surface area contributed by atoms with Crippen LogP contribution >= 0.6 is 0 Å². The van der Waals surface area contributed by atoms with E-state index < -0.39 is 0 Å². The van der Waals surface area contributed by atoms with Gasteiger partial charge in [0.1, 0.15) is 0 Å². The summed E-state index contributed by atoms with van der Waals surface area (Å²) in [4.78, 5) is 11.4. The van der Waals surface area contributed by atoms with E-state index >= 15 is 0 Å². The molecule has 0 atom stereocenters. The molecule has 0 radical (unpaired) electrons. The van der Waals surface area contributed by atoms with Gasteiger partial charge in [0, 0.05) is 31.9 Å². The van der Waals surface area contributed by atoms with Gasteiger partial charge in [-0.3, -0.25) is 4.90 Å². The molecule has 0 aliphatic heterocycles. The molecule has 2 saturated carbocycles. The standard InChI is InChI=1S/C14H22N4/c1-2-15-14-16-8-7-12(17-14)10-18(13-5-6-13)9-11-3-4-11/h7-8,11,13H,2-6,9-10H2,1H3,(H,15,16,17). The smallest absolute Gasteiger partial charge is 0.222 e. The minimum absolute atomic E-state index is 0.761. The first-order chi connectivity index (χ1) is 8.85. The minimum Gasteiger partial charge on any atom is -0.354 e. The summed E-state index contributed by atoms with van der Waals surface area (Å²) in [5.41, 5.74) is 1.15. The van der Waals surface area contributed by atoms with Crippen molar-refractivity contribution in [3.63, 3.8) is 0 Å². The maximum atomic E-state index is 4.58. The average Bonchev–Trinajstić information content (AvgIpc) is 3.24. The first-order valence-electron chi connectivity index (χ1n) is 7.15. The Hall–Kier alpha value is -1.16. The highest BCUT2D eigenvalue weighted by atomic mass is 15.2. The van der Waals surface area contributed by atoms with Crippen LogP contribution in [0.15, 0.2) is 12.3 Å². The second-order valence-corrected chi connectivity index (χ2v) is 5.51. The Morgan fingerprint density at radius 2 is 2.17 bits per heavy atom. The molecule has 1 aromatic heterocycles. The van der Waals surface area contributed by atoms with Crippen molar-refractivity contribution >= 4 is 5.95 Å². The molecule has 0 unspecified atom stereocenters. The Morgan fingerprint density at radius 3 is 2.83 bits per heavy atom. The molecule has 4 heteroatoms. The third-order valence-corrected chi connectivity index (χ3v) is 3.67. The Bertz CT molecular complexity index is 399. The van der Waals surface area contributed by atoms with Crippen molar-refractivity contribution < 1.29 is 0 Å². The number of aromatic nitrogens is 2. The number of hydrogen-bond acceptors (Lipinski definition) is 4. The Labute approximate surface area is 109 Å². The Kier molecular flexibility index (Phi) is 3.46. The molecule has 3 rings (SSSR count). The normalized spacial score (nSPS) is 19.2. The molecular formula is C14H22N4. The van der Waals surface area contributed by atoms with Crippen LogP contribution in [0, 0.1) is 5.92 Å². The third kappa shape index (κ3) is 3.19. The van der Waals surface area contributed by atoms with Crippen LogP contribution < -0.4 is 5.32 Å². The Morgan fingerprint density at radius 1 is 1.33 bits per heavy atom. The molecule has 0 amide bonds. The van der Waals surface area contributed by atoms with Gasteiger partial charge in [0.25, 0.3) is 0 Å². The van der Waals surface area contributed by atoms with Crippen molar-refractivity contribution in [1.29, 1.82) is 0 Å². The van der Waals surface area contributed by atoms with Crippen molar-refractivity contribution in [1.82, 2.24) is 14.9 Å². The van der Waals surface area contributed by atoms with Crippen molar-refractivity contribution in [3.8, 4) is 0 Å². The fraction of sp³-hybridized carbons (Fsp3) is 0.714. The van der Waals surface area contributed by atoms with Gasteiger partial charge in [0.05, 0.1) is 5.69 Å². The zero-order valence-electron chi connectivity index (χ0n) is 11.1. The molecule has 2 aliphatic carbocycles. The molecule has 1 aromatic rings. The first kappa shape index (κ1) is 11.9. The predicted octanol–water partition coefficient (Wildman–Crippen LogP) is 2.28. The molecule has 1 heterocycles. The summed E-state index contributed by atoms with van der Waals surface area (Å²) in [6, 6.07) is 2.87. The van der Waals surface area contributed by atoms with Gasteiger partial charge in [-0.1, -0.05) is 0 Å². The number of nitrogens with zero attached hydrogens (tertiary/aromatic N) is 3. The topological polar surface area (TPSA) is 41.1 Å². The lowest BCUT2D eigenvalue weighted by atomic mass is 10.3. The number of hydrogen-bond donors (Lipinski definition) is 1. The minimum atomic E-state index is 0.761. The fourth-order valence-corrected chi connectivity index (χ4v) is 2.35. The molecule has 0 aromatic carbocycles. The van der Waals surface area contributed by atoms with Gasteiger partial charge < -0.3 is 5.32 Å². The highest BCUT2D eigenvalue weighted by Crippen LogP contribution is 2.35. The third-order valence-electron chi connectivity index (χ3n) is 3.67. The Balaban J connectivity index is 1.63. The van der Waals surface area contributed by atoms with Crippen molar-refractivity contribution in [2.24, 2.45) is 5.92 Å². The van der Waals surface area contributed by atoms with Gasteiger partial charge in [0.2, 0.25) is 5.95 Å². The zero-order chi connectivity index (χ0) is 12.4. The lowest BCUT2D eigenvalue weighted by molar-refractivity contribution is 0.241. The first-order valence-corrected chi connectivity index (χ1v) is 7.15. The van der Waals surface area contributed by atoms with Crippen molar-refractivity contribution in [2.75, 3.05) is 18.4 Å². The van der Waals surface area contributed by atoms with Gasteiger partial charge in [-0.05, 0) is 44.6 Å². The van der Waals surface area contributed by atoms with Crippen LogP contribution in [0.5, 0.6) is 0 Å². The van der Waals surface area contributed by atoms with Crippen LogP contribution in [0.4, 0.5) is 5.95 Å². The van der Waals surface area contributed by atoms with Crippen LogP contribution in [0.25, 0.3) is 0 Å². The maximum Gasteiger partial charge on any atom is 0.222 e. The van der Waals surface area contributed by atoms with E-state index in [0.29, 0.717) is 0 Å². The molecule has 1 N–H and O–H groups in total. The summed E-state index contributed by atoms with van der Waals surface area (Å²) in [5, 5.41) is 3.18.